The maximum absolute atomic E-state index is 5.07. The molecule has 6 nitrogen and oxygen atoms in total. The van der Waals surface area contributed by atoms with Gasteiger partial charge in [0.1, 0.15) is 5.75 Å². The van der Waals surface area contributed by atoms with Crippen molar-refractivity contribution in [2.45, 2.75) is 6.54 Å². The van der Waals surface area contributed by atoms with Gasteiger partial charge in [-0.25, -0.2) is 0 Å². The minimum absolute atomic E-state index is 0.607. The molecular weight excluding hydrogens is 206 g/mol. The van der Waals surface area contributed by atoms with Crippen LogP contribution in [-0.4, -0.2) is 34.4 Å². The van der Waals surface area contributed by atoms with Crippen LogP contribution in [0.5, 0.6) is 5.75 Å². The highest BCUT2D eigenvalue weighted by molar-refractivity contribution is 5.35. The highest BCUT2D eigenvalue weighted by atomic mass is 16.5. The summed E-state index contributed by atoms with van der Waals surface area (Å²) in [6.45, 7) is 0.607. The first-order valence-electron chi connectivity index (χ1n) is 4.91. The monoisotopic (exact) mass is 219 g/mol. The van der Waals surface area contributed by atoms with Crippen molar-refractivity contribution in [1.82, 2.24) is 25.5 Å². The molecule has 0 aliphatic rings. The number of aromatic nitrogens is 4. The van der Waals surface area contributed by atoms with E-state index in [-0.39, 0.29) is 0 Å². The molecule has 1 N–H and O–H groups in total. The number of nitrogens with zero attached hydrogens (tertiary/aromatic N) is 4. The fourth-order valence-electron chi connectivity index (χ4n) is 1.30. The summed E-state index contributed by atoms with van der Waals surface area (Å²) in [5, 5.41) is 15.1. The summed E-state index contributed by atoms with van der Waals surface area (Å²) in [4.78, 5) is 1.49. The summed E-state index contributed by atoms with van der Waals surface area (Å²) in [7, 11) is 3.47. The van der Waals surface area contributed by atoms with Crippen LogP contribution in [0.4, 0.5) is 0 Å². The Balaban J connectivity index is 2.21. The van der Waals surface area contributed by atoms with Crippen molar-refractivity contribution >= 4 is 0 Å². The van der Waals surface area contributed by atoms with Gasteiger partial charge in [-0.1, -0.05) is 0 Å². The topological polar surface area (TPSA) is 64.9 Å². The molecule has 0 amide bonds. The predicted molar refractivity (Wildman–Crippen MR) is 58.5 cm³/mol. The Bertz CT molecular complexity index is 450. The summed E-state index contributed by atoms with van der Waals surface area (Å²) >= 11 is 0. The molecule has 0 aliphatic carbocycles. The molecule has 0 fully saturated rings. The van der Waals surface area contributed by atoms with Gasteiger partial charge >= 0.3 is 0 Å². The Morgan fingerprint density at radius 1 is 1.31 bits per heavy atom. The molecular formula is C10H13N5O. The minimum Gasteiger partial charge on any atom is -0.497 e. The molecule has 0 bridgehead atoms. The first kappa shape index (κ1) is 10.6. The number of nitrogens with one attached hydrogen (secondary N) is 1. The lowest BCUT2D eigenvalue weighted by molar-refractivity contribution is 0.414. The van der Waals surface area contributed by atoms with Crippen molar-refractivity contribution in [3.05, 3.63) is 30.1 Å². The van der Waals surface area contributed by atoms with Crippen molar-refractivity contribution in [3.8, 4) is 11.4 Å². The third kappa shape index (κ3) is 2.17. The molecule has 2 aromatic rings. The Morgan fingerprint density at radius 3 is 2.69 bits per heavy atom. The molecule has 0 spiro atoms. The molecule has 0 aliphatic heterocycles. The zero-order valence-corrected chi connectivity index (χ0v) is 9.21. The molecule has 0 saturated heterocycles. The number of rotatable bonds is 4. The van der Waals surface area contributed by atoms with Crippen LogP contribution in [0.1, 0.15) is 5.82 Å². The van der Waals surface area contributed by atoms with E-state index in [0.717, 1.165) is 11.4 Å². The number of hydrogen-bond acceptors (Lipinski definition) is 5. The molecule has 0 radical (unpaired) electrons. The van der Waals surface area contributed by atoms with Gasteiger partial charge in [-0.05, 0) is 36.5 Å². The molecule has 6 heteroatoms. The van der Waals surface area contributed by atoms with E-state index in [9.17, 15) is 0 Å². The second-order valence-corrected chi connectivity index (χ2v) is 3.22. The smallest absolute Gasteiger partial charge is 0.188 e. The second kappa shape index (κ2) is 4.71. The second-order valence-electron chi connectivity index (χ2n) is 3.22. The van der Waals surface area contributed by atoms with Crippen LogP contribution in [-0.2, 0) is 6.54 Å². The average molecular weight is 219 g/mol. The van der Waals surface area contributed by atoms with Crippen molar-refractivity contribution in [2.24, 2.45) is 0 Å². The standard InChI is InChI=1S/C10H13N5O/c1-11-7-10-12-14-15(13-10)8-3-5-9(16-2)6-4-8/h3-6,11H,7H2,1-2H3. The SMILES string of the molecule is CNCc1nnn(-c2ccc(OC)cc2)n1. The van der Waals surface area contributed by atoms with Crippen LogP contribution < -0.4 is 10.1 Å². The molecule has 16 heavy (non-hydrogen) atoms. The summed E-state index contributed by atoms with van der Waals surface area (Å²) in [6.07, 6.45) is 0. The van der Waals surface area contributed by atoms with Crippen LogP contribution in [0.2, 0.25) is 0 Å². The zero-order valence-electron chi connectivity index (χ0n) is 9.21. The number of tetrazole rings is 1. The van der Waals surface area contributed by atoms with Gasteiger partial charge in [0.25, 0.3) is 0 Å². The van der Waals surface area contributed by atoms with Crippen LogP contribution in [0.15, 0.2) is 24.3 Å². The van der Waals surface area contributed by atoms with Gasteiger partial charge in [-0.3, -0.25) is 0 Å². The third-order valence-electron chi connectivity index (χ3n) is 2.09. The van der Waals surface area contributed by atoms with Gasteiger partial charge in [0, 0.05) is 0 Å². The lowest BCUT2D eigenvalue weighted by Gasteiger charge is -2.00. The number of benzene rings is 1. The van der Waals surface area contributed by atoms with Gasteiger partial charge in [-0.2, -0.15) is 0 Å². The van der Waals surface area contributed by atoms with E-state index < -0.39 is 0 Å². The van der Waals surface area contributed by atoms with E-state index in [0.29, 0.717) is 12.4 Å². The van der Waals surface area contributed by atoms with E-state index in [2.05, 4.69) is 20.7 Å². The summed E-state index contributed by atoms with van der Waals surface area (Å²) in [5.74, 6) is 1.47. The quantitative estimate of drug-likeness (QED) is 0.805. The van der Waals surface area contributed by atoms with Crippen LogP contribution >= 0.6 is 0 Å². The van der Waals surface area contributed by atoms with Gasteiger partial charge in [0.2, 0.25) is 0 Å². The number of methoxy groups -OCH3 is 1. The molecule has 1 aromatic carbocycles. The first-order valence-corrected chi connectivity index (χ1v) is 4.91. The molecule has 84 valence electrons. The van der Waals surface area contributed by atoms with Gasteiger partial charge in [0.15, 0.2) is 5.82 Å². The maximum Gasteiger partial charge on any atom is 0.188 e. The highest BCUT2D eigenvalue weighted by Crippen LogP contribution is 2.12. The number of ether oxygens (including phenoxy) is 1. The molecule has 2 rings (SSSR count). The van der Waals surface area contributed by atoms with E-state index in [4.69, 9.17) is 4.74 Å². The van der Waals surface area contributed by atoms with Crippen LogP contribution in [0, 0.1) is 0 Å². The normalized spacial score (nSPS) is 10.4. The first-order chi connectivity index (χ1) is 7.83. The lowest BCUT2D eigenvalue weighted by atomic mass is 10.3. The van der Waals surface area contributed by atoms with Crippen LogP contribution in [0.25, 0.3) is 5.69 Å². The summed E-state index contributed by atoms with van der Waals surface area (Å²) in [5.41, 5.74) is 0.857. The average Bonchev–Trinajstić information content (AvgIpc) is 2.78. The summed E-state index contributed by atoms with van der Waals surface area (Å²) in [6, 6.07) is 7.47. The highest BCUT2D eigenvalue weighted by Gasteiger charge is 2.03. The maximum atomic E-state index is 5.07. The third-order valence-corrected chi connectivity index (χ3v) is 2.09. The van der Waals surface area contributed by atoms with Gasteiger partial charge in [0.05, 0.1) is 19.3 Å². The lowest BCUT2D eigenvalue weighted by Crippen LogP contribution is -2.07. The van der Waals surface area contributed by atoms with Gasteiger partial charge < -0.3 is 10.1 Å². The van der Waals surface area contributed by atoms with E-state index in [1.165, 1.54) is 4.80 Å². The van der Waals surface area contributed by atoms with E-state index in [1.807, 2.05) is 31.3 Å². The predicted octanol–water partition coefficient (Wildman–Crippen LogP) is 0.390. The molecule has 0 atom stereocenters. The van der Waals surface area contributed by atoms with Crippen LogP contribution in [0.3, 0.4) is 0 Å². The van der Waals surface area contributed by atoms with E-state index >= 15 is 0 Å². The fraction of sp³-hybridized carbons (Fsp3) is 0.300. The molecule has 0 unspecified atom stereocenters. The van der Waals surface area contributed by atoms with E-state index in [1.54, 1.807) is 7.11 Å². The molecule has 1 heterocycles. The Morgan fingerprint density at radius 2 is 2.06 bits per heavy atom. The van der Waals surface area contributed by atoms with Gasteiger partial charge in [-0.15, -0.1) is 15.0 Å². The largest absolute Gasteiger partial charge is 0.497 e. The summed E-state index contributed by atoms with van der Waals surface area (Å²) < 4.78 is 5.07. The molecule has 1 aromatic heterocycles. The Kier molecular flexibility index (Phi) is 3.11. The number of hydrogen-bond donors (Lipinski definition) is 1. The van der Waals surface area contributed by atoms with Crippen molar-refractivity contribution < 1.29 is 4.74 Å². The van der Waals surface area contributed by atoms with Crippen molar-refractivity contribution in [2.75, 3.05) is 14.2 Å². The Hall–Kier alpha value is -1.95. The molecule has 0 saturated carbocycles. The Labute approximate surface area is 93.2 Å². The zero-order chi connectivity index (χ0) is 11.4. The van der Waals surface area contributed by atoms with Crippen molar-refractivity contribution in [1.29, 1.82) is 0 Å². The van der Waals surface area contributed by atoms with Crippen molar-refractivity contribution in [3.63, 3.8) is 0 Å². The fourth-order valence-corrected chi connectivity index (χ4v) is 1.30. The minimum atomic E-state index is 0.607.